The lowest BCUT2D eigenvalue weighted by atomic mass is 10.0. The van der Waals surface area contributed by atoms with E-state index in [1.807, 2.05) is 0 Å². The van der Waals surface area contributed by atoms with E-state index in [4.69, 9.17) is 5.84 Å². The van der Waals surface area contributed by atoms with Crippen LogP contribution >= 0.6 is 15.9 Å². The van der Waals surface area contributed by atoms with Crippen LogP contribution in [0.2, 0.25) is 0 Å². The summed E-state index contributed by atoms with van der Waals surface area (Å²) in [5.74, 6) is 4.11. The number of hydrogen-bond acceptors (Lipinski definition) is 3. The summed E-state index contributed by atoms with van der Waals surface area (Å²) < 4.78 is 29.7. The first-order valence-electron chi connectivity index (χ1n) is 5.60. The molecule has 1 aromatic heterocycles. The molecular weight excluding hydrogens is 318 g/mol. The smallest absolute Gasteiger partial charge is 0.132 e. The summed E-state index contributed by atoms with van der Waals surface area (Å²) in [5.41, 5.74) is 3.05. The van der Waals surface area contributed by atoms with E-state index in [0.29, 0.717) is 16.6 Å². The predicted molar refractivity (Wildman–Crippen MR) is 71.0 cm³/mol. The molecule has 7 heteroatoms. The predicted octanol–water partition coefficient (Wildman–Crippen LogP) is 2.21. The Hall–Kier alpha value is -1.31. The second-order valence-corrected chi connectivity index (χ2v) is 5.10. The van der Waals surface area contributed by atoms with Crippen molar-refractivity contribution in [2.75, 3.05) is 0 Å². The molecular formula is C12H13BrF2N4. The van der Waals surface area contributed by atoms with Gasteiger partial charge in [0.1, 0.15) is 11.6 Å². The molecule has 0 saturated carbocycles. The Bertz CT molecular complexity index is 562. The highest BCUT2D eigenvalue weighted by atomic mass is 79.9. The van der Waals surface area contributed by atoms with Crippen LogP contribution in [-0.4, -0.2) is 9.78 Å². The van der Waals surface area contributed by atoms with E-state index in [1.54, 1.807) is 24.0 Å². The normalized spacial score (nSPS) is 12.7. The highest BCUT2D eigenvalue weighted by molar-refractivity contribution is 9.10. The molecule has 0 bridgehead atoms. The van der Waals surface area contributed by atoms with Gasteiger partial charge in [-0.15, -0.1) is 0 Å². The van der Waals surface area contributed by atoms with E-state index in [2.05, 4.69) is 26.5 Å². The van der Waals surface area contributed by atoms with Crippen molar-refractivity contribution in [1.82, 2.24) is 15.2 Å². The molecule has 1 aromatic carbocycles. The van der Waals surface area contributed by atoms with Crippen LogP contribution < -0.4 is 11.3 Å². The highest BCUT2D eigenvalue weighted by Gasteiger charge is 2.21. The Kier molecular flexibility index (Phi) is 4.28. The van der Waals surface area contributed by atoms with Crippen molar-refractivity contribution in [3.63, 3.8) is 0 Å². The number of aryl methyl sites for hydroxylation is 1. The third-order valence-corrected chi connectivity index (χ3v) is 3.23. The Morgan fingerprint density at radius 3 is 2.53 bits per heavy atom. The van der Waals surface area contributed by atoms with Gasteiger partial charge in [-0.1, -0.05) is 15.9 Å². The minimum Gasteiger partial charge on any atom is -0.276 e. The highest BCUT2D eigenvalue weighted by Crippen LogP contribution is 2.26. The molecule has 0 saturated heterocycles. The Labute approximate surface area is 117 Å². The minimum absolute atomic E-state index is 0.0867. The molecule has 19 heavy (non-hydrogen) atoms. The number of hydrazine groups is 1. The first-order valence-corrected chi connectivity index (χ1v) is 6.39. The van der Waals surface area contributed by atoms with Crippen molar-refractivity contribution in [3.8, 4) is 0 Å². The third-order valence-electron chi connectivity index (χ3n) is 2.78. The van der Waals surface area contributed by atoms with E-state index in [-0.39, 0.29) is 5.56 Å². The number of nitrogens with two attached hydrogens (primary N) is 1. The second-order valence-electron chi connectivity index (χ2n) is 4.19. The lowest BCUT2D eigenvalue weighted by molar-refractivity contribution is 0.468. The minimum atomic E-state index is -0.678. The van der Waals surface area contributed by atoms with Gasteiger partial charge in [-0.2, -0.15) is 5.10 Å². The summed E-state index contributed by atoms with van der Waals surface area (Å²) in [6.07, 6.45) is 2.06. The van der Waals surface area contributed by atoms with Gasteiger partial charge in [0.15, 0.2) is 0 Å². The molecule has 3 N–H and O–H groups in total. The lowest BCUT2D eigenvalue weighted by Crippen LogP contribution is -2.31. The fraction of sp³-hybridized carbons (Fsp3) is 0.250. The van der Waals surface area contributed by atoms with Gasteiger partial charge in [-0.05, 0) is 18.2 Å². The first-order chi connectivity index (χ1) is 9.01. The van der Waals surface area contributed by atoms with Gasteiger partial charge in [0.25, 0.3) is 0 Å². The molecule has 2 rings (SSSR count). The van der Waals surface area contributed by atoms with Crippen LogP contribution in [0, 0.1) is 11.6 Å². The van der Waals surface area contributed by atoms with Crippen molar-refractivity contribution >= 4 is 15.9 Å². The largest absolute Gasteiger partial charge is 0.276 e. The van der Waals surface area contributed by atoms with Crippen molar-refractivity contribution < 1.29 is 8.78 Å². The molecule has 1 heterocycles. The van der Waals surface area contributed by atoms with E-state index >= 15 is 0 Å². The summed E-state index contributed by atoms with van der Waals surface area (Å²) >= 11 is 3.04. The molecule has 0 amide bonds. The molecule has 102 valence electrons. The Balaban J connectivity index is 2.32. The molecule has 2 aromatic rings. The number of rotatable bonds is 4. The SMILES string of the molecule is Cn1ccc(CC(NN)c2c(F)cc(Br)cc2F)n1. The fourth-order valence-electron chi connectivity index (χ4n) is 1.91. The Morgan fingerprint density at radius 2 is 2.05 bits per heavy atom. The number of nitrogens with one attached hydrogen (secondary N) is 1. The molecule has 0 fully saturated rings. The maximum Gasteiger partial charge on any atom is 0.132 e. The fourth-order valence-corrected chi connectivity index (χ4v) is 2.31. The molecule has 1 unspecified atom stereocenters. The van der Waals surface area contributed by atoms with Crippen LogP contribution in [0.4, 0.5) is 8.78 Å². The van der Waals surface area contributed by atoms with Crippen molar-refractivity contribution in [3.05, 3.63) is 51.8 Å². The Morgan fingerprint density at radius 1 is 1.42 bits per heavy atom. The van der Waals surface area contributed by atoms with Gasteiger partial charge in [-0.3, -0.25) is 16.0 Å². The zero-order chi connectivity index (χ0) is 14.0. The number of aromatic nitrogens is 2. The van der Waals surface area contributed by atoms with Gasteiger partial charge in [-0.25, -0.2) is 8.78 Å². The summed E-state index contributed by atoms with van der Waals surface area (Å²) in [6.45, 7) is 0. The quantitative estimate of drug-likeness (QED) is 0.667. The summed E-state index contributed by atoms with van der Waals surface area (Å²) in [4.78, 5) is 0. The van der Waals surface area contributed by atoms with Gasteiger partial charge in [0.05, 0.1) is 11.7 Å². The van der Waals surface area contributed by atoms with Gasteiger partial charge in [0, 0.05) is 29.7 Å². The summed E-state index contributed by atoms with van der Waals surface area (Å²) in [7, 11) is 1.77. The van der Waals surface area contributed by atoms with Crippen molar-refractivity contribution in [2.45, 2.75) is 12.5 Å². The zero-order valence-electron chi connectivity index (χ0n) is 10.2. The topological polar surface area (TPSA) is 55.9 Å². The van der Waals surface area contributed by atoms with Crippen LogP contribution in [0.25, 0.3) is 0 Å². The van der Waals surface area contributed by atoms with Gasteiger partial charge in [0.2, 0.25) is 0 Å². The van der Waals surface area contributed by atoms with Crippen molar-refractivity contribution in [2.24, 2.45) is 12.9 Å². The number of halogens is 3. The molecule has 0 spiro atoms. The lowest BCUT2D eigenvalue weighted by Gasteiger charge is -2.17. The average Bonchev–Trinajstić information content (AvgIpc) is 2.72. The van der Waals surface area contributed by atoms with Crippen LogP contribution in [0.15, 0.2) is 28.9 Å². The van der Waals surface area contributed by atoms with E-state index < -0.39 is 17.7 Å². The van der Waals surface area contributed by atoms with Gasteiger partial charge < -0.3 is 0 Å². The number of nitrogens with zero attached hydrogens (tertiary/aromatic N) is 2. The van der Waals surface area contributed by atoms with Crippen LogP contribution in [0.1, 0.15) is 17.3 Å². The first kappa shape index (κ1) is 14.1. The van der Waals surface area contributed by atoms with E-state index in [9.17, 15) is 8.78 Å². The molecule has 4 nitrogen and oxygen atoms in total. The summed E-state index contributed by atoms with van der Waals surface area (Å²) in [5, 5.41) is 4.17. The molecule has 0 aliphatic carbocycles. The molecule has 0 radical (unpaired) electrons. The van der Waals surface area contributed by atoms with E-state index in [0.717, 1.165) is 0 Å². The second kappa shape index (κ2) is 5.77. The van der Waals surface area contributed by atoms with E-state index in [1.165, 1.54) is 12.1 Å². The van der Waals surface area contributed by atoms with Crippen LogP contribution in [0.5, 0.6) is 0 Å². The van der Waals surface area contributed by atoms with Crippen LogP contribution in [0.3, 0.4) is 0 Å². The number of benzene rings is 1. The molecule has 0 aliphatic heterocycles. The van der Waals surface area contributed by atoms with Crippen LogP contribution in [-0.2, 0) is 13.5 Å². The zero-order valence-corrected chi connectivity index (χ0v) is 11.8. The monoisotopic (exact) mass is 330 g/mol. The maximum absolute atomic E-state index is 13.9. The number of hydrogen-bond donors (Lipinski definition) is 2. The van der Waals surface area contributed by atoms with Crippen molar-refractivity contribution in [1.29, 1.82) is 0 Å². The molecule has 0 aliphatic rings. The summed E-state index contributed by atoms with van der Waals surface area (Å²) in [6, 6.07) is 3.52. The average molecular weight is 331 g/mol. The maximum atomic E-state index is 13.9. The third kappa shape index (κ3) is 3.17. The van der Waals surface area contributed by atoms with Gasteiger partial charge >= 0.3 is 0 Å². The molecule has 1 atom stereocenters. The standard InChI is InChI=1S/C12H13BrF2N4/c1-19-3-2-8(18-19)6-11(17-16)12-9(14)4-7(13)5-10(12)15/h2-5,11,17H,6,16H2,1H3.